The number of ether oxygens (including phenoxy) is 2. The van der Waals surface area contributed by atoms with Gasteiger partial charge >= 0.3 is 6.09 Å². The van der Waals surface area contributed by atoms with Crippen molar-refractivity contribution < 1.29 is 19.1 Å². The van der Waals surface area contributed by atoms with Crippen molar-refractivity contribution in [1.29, 1.82) is 0 Å². The number of nitrogens with one attached hydrogen (secondary N) is 1. The Morgan fingerprint density at radius 3 is 2.62 bits per heavy atom. The highest BCUT2D eigenvalue weighted by molar-refractivity contribution is 5.97. The summed E-state index contributed by atoms with van der Waals surface area (Å²) in [7, 11) is 1.55. The summed E-state index contributed by atoms with van der Waals surface area (Å²) < 4.78 is 10.6. The largest absolute Gasteiger partial charge is 0.495 e. The molecule has 26 heavy (non-hydrogen) atoms. The minimum Gasteiger partial charge on any atom is -0.495 e. The molecule has 3 rings (SSSR count). The summed E-state index contributed by atoms with van der Waals surface area (Å²) in [5.74, 6) is 0.348. The van der Waals surface area contributed by atoms with E-state index >= 15 is 0 Å². The molecule has 2 aromatic carbocycles. The molecule has 1 heterocycles. The quantitative estimate of drug-likeness (QED) is 0.893. The molecule has 2 aromatic rings. The van der Waals surface area contributed by atoms with E-state index in [0.29, 0.717) is 24.4 Å². The number of rotatable bonds is 5. The van der Waals surface area contributed by atoms with Gasteiger partial charge in [-0.05, 0) is 30.5 Å². The van der Waals surface area contributed by atoms with E-state index in [0.717, 1.165) is 12.0 Å². The summed E-state index contributed by atoms with van der Waals surface area (Å²) in [6, 6.07) is 16.1. The first-order valence-corrected chi connectivity index (χ1v) is 8.60. The molecule has 1 N–H and O–H groups in total. The summed E-state index contributed by atoms with van der Waals surface area (Å²) in [4.78, 5) is 26.6. The average Bonchev–Trinajstić information content (AvgIpc) is 3.17. The fourth-order valence-electron chi connectivity index (χ4n) is 3.02. The summed E-state index contributed by atoms with van der Waals surface area (Å²) in [5.41, 5.74) is 1.50. The summed E-state index contributed by atoms with van der Waals surface area (Å²) in [5, 5.41) is 2.85. The molecular weight excluding hydrogens is 332 g/mol. The average molecular weight is 354 g/mol. The van der Waals surface area contributed by atoms with Crippen molar-refractivity contribution in [2.45, 2.75) is 25.5 Å². The lowest BCUT2D eigenvalue weighted by atomic mass is 10.2. The van der Waals surface area contributed by atoms with Gasteiger partial charge in [-0.1, -0.05) is 42.5 Å². The van der Waals surface area contributed by atoms with Gasteiger partial charge in [0.2, 0.25) is 5.91 Å². The van der Waals surface area contributed by atoms with Crippen LogP contribution in [0.2, 0.25) is 0 Å². The highest BCUT2D eigenvalue weighted by Gasteiger charge is 2.35. The molecule has 1 aliphatic rings. The second-order valence-corrected chi connectivity index (χ2v) is 6.08. The van der Waals surface area contributed by atoms with Crippen LogP contribution < -0.4 is 10.1 Å². The highest BCUT2D eigenvalue weighted by Crippen LogP contribution is 2.25. The Balaban J connectivity index is 1.61. The van der Waals surface area contributed by atoms with Crippen LogP contribution in [0, 0.1) is 0 Å². The molecule has 0 spiro atoms. The minimum absolute atomic E-state index is 0.191. The Morgan fingerprint density at radius 1 is 1.12 bits per heavy atom. The van der Waals surface area contributed by atoms with Gasteiger partial charge < -0.3 is 14.8 Å². The molecule has 136 valence electrons. The van der Waals surface area contributed by atoms with Gasteiger partial charge in [0.25, 0.3) is 0 Å². The number of amides is 2. The highest BCUT2D eigenvalue weighted by atomic mass is 16.6. The van der Waals surface area contributed by atoms with Crippen LogP contribution in [0.15, 0.2) is 54.6 Å². The second-order valence-electron chi connectivity index (χ2n) is 6.08. The Hall–Kier alpha value is -3.02. The number of carbonyl (C=O) groups excluding carboxylic acids is 2. The maximum absolute atomic E-state index is 12.7. The maximum Gasteiger partial charge on any atom is 0.410 e. The van der Waals surface area contributed by atoms with E-state index in [1.165, 1.54) is 4.90 Å². The number of para-hydroxylation sites is 2. The van der Waals surface area contributed by atoms with Crippen LogP contribution in [0.5, 0.6) is 5.75 Å². The zero-order valence-corrected chi connectivity index (χ0v) is 14.7. The van der Waals surface area contributed by atoms with Crippen LogP contribution in [0.4, 0.5) is 10.5 Å². The lowest BCUT2D eigenvalue weighted by molar-refractivity contribution is -0.120. The van der Waals surface area contributed by atoms with Crippen LogP contribution in [0.3, 0.4) is 0 Å². The van der Waals surface area contributed by atoms with E-state index in [-0.39, 0.29) is 12.5 Å². The van der Waals surface area contributed by atoms with Crippen LogP contribution in [-0.4, -0.2) is 36.6 Å². The Bertz CT molecular complexity index is 763. The fraction of sp³-hybridized carbons (Fsp3) is 0.300. The summed E-state index contributed by atoms with van der Waals surface area (Å²) in [6.45, 7) is 0.703. The fourth-order valence-corrected chi connectivity index (χ4v) is 3.02. The Labute approximate surface area is 152 Å². The van der Waals surface area contributed by atoms with Crippen molar-refractivity contribution in [1.82, 2.24) is 4.90 Å². The van der Waals surface area contributed by atoms with Crippen molar-refractivity contribution in [2.75, 3.05) is 19.0 Å². The third kappa shape index (κ3) is 4.14. The number of hydrogen-bond acceptors (Lipinski definition) is 4. The molecule has 2 amide bonds. The van der Waals surface area contributed by atoms with Crippen molar-refractivity contribution in [3.8, 4) is 5.75 Å². The lowest BCUT2D eigenvalue weighted by Gasteiger charge is -2.23. The maximum atomic E-state index is 12.7. The van der Waals surface area contributed by atoms with Gasteiger partial charge in [0.15, 0.2) is 0 Å². The molecule has 6 nitrogen and oxygen atoms in total. The molecule has 1 aliphatic heterocycles. The zero-order valence-electron chi connectivity index (χ0n) is 14.7. The standard InChI is InChI=1S/C20H22N2O4/c1-25-18-12-6-5-10-16(18)21-19(23)17-11-7-13-22(17)20(24)26-14-15-8-3-2-4-9-15/h2-6,8-10,12,17H,7,11,13-14H2,1H3,(H,21,23). The first kappa shape index (κ1) is 17.8. The molecular formula is C20H22N2O4. The number of benzene rings is 2. The van der Waals surface area contributed by atoms with E-state index in [1.807, 2.05) is 42.5 Å². The molecule has 1 unspecified atom stereocenters. The molecule has 0 aromatic heterocycles. The number of methoxy groups -OCH3 is 1. The minimum atomic E-state index is -0.539. The Morgan fingerprint density at radius 2 is 1.85 bits per heavy atom. The van der Waals surface area contributed by atoms with Crippen LogP contribution in [0.25, 0.3) is 0 Å². The van der Waals surface area contributed by atoms with Crippen molar-refractivity contribution in [3.05, 3.63) is 60.2 Å². The molecule has 0 saturated carbocycles. The number of likely N-dealkylation sites (tertiary alicyclic amines) is 1. The first-order chi connectivity index (χ1) is 12.7. The molecule has 1 fully saturated rings. The van der Waals surface area contributed by atoms with E-state index in [9.17, 15) is 9.59 Å². The number of anilines is 1. The number of nitrogens with zero attached hydrogens (tertiary/aromatic N) is 1. The van der Waals surface area contributed by atoms with Gasteiger partial charge in [0.1, 0.15) is 18.4 Å². The topological polar surface area (TPSA) is 67.9 Å². The van der Waals surface area contributed by atoms with E-state index in [4.69, 9.17) is 9.47 Å². The lowest BCUT2D eigenvalue weighted by Crippen LogP contribution is -2.43. The molecule has 0 bridgehead atoms. The van der Waals surface area contributed by atoms with Gasteiger partial charge in [-0.2, -0.15) is 0 Å². The van der Waals surface area contributed by atoms with Crippen molar-refractivity contribution in [3.63, 3.8) is 0 Å². The number of carbonyl (C=O) groups is 2. The van der Waals surface area contributed by atoms with Gasteiger partial charge in [0.05, 0.1) is 12.8 Å². The molecule has 6 heteroatoms. The second kappa shape index (κ2) is 8.38. The Kier molecular flexibility index (Phi) is 5.73. The predicted octanol–water partition coefficient (Wildman–Crippen LogP) is 3.43. The number of hydrogen-bond donors (Lipinski definition) is 1. The molecule has 1 atom stereocenters. The normalized spacial score (nSPS) is 16.2. The SMILES string of the molecule is COc1ccccc1NC(=O)C1CCCN1C(=O)OCc1ccccc1. The summed E-state index contributed by atoms with van der Waals surface area (Å²) >= 11 is 0. The monoisotopic (exact) mass is 354 g/mol. The van der Waals surface area contributed by atoms with Gasteiger partial charge in [-0.3, -0.25) is 9.69 Å². The smallest absolute Gasteiger partial charge is 0.410 e. The van der Waals surface area contributed by atoms with E-state index in [2.05, 4.69) is 5.32 Å². The van der Waals surface area contributed by atoms with Crippen LogP contribution in [0.1, 0.15) is 18.4 Å². The zero-order chi connectivity index (χ0) is 18.4. The van der Waals surface area contributed by atoms with Gasteiger partial charge in [0, 0.05) is 6.54 Å². The first-order valence-electron chi connectivity index (χ1n) is 8.60. The van der Waals surface area contributed by atoms with E-state index in [1.54, 1.807) is 19.2 Å². The molecule has 0 radical (unpaired) electrons. The van der Waals surface area contributed by atoms with Gasteiger partial charge in [-0.25, -0.2) is 4.79 Å². The third-order valence-corrected chi connectivity index (χ3v) is 4.36. The van der Waals surface area contributed by atoms with Crippen molar-refractivity contribution >= 4 is 17.7 Å². The predicted molar refractivity (Wildman–Crippen MR) is 98.0 cm³/mol. The van der Waals surface area contributed by atoms with Gasteiger partial charge in [-0.15, -0.1) is 0 Å². The van der Waals surface area contributed by atoms with Crippen molar-refractivity contribution in [2.24, 2.45) is 0 Å². The molecule has 0 aliphatic carbocycles. The van der Waals surface area contributed by atoms with Crippen LogP contribution >= 0.6 is 0 Å². The van der Waals surface area contributed by atoms with E-state index < -0.39 is 12.1 Å². The van der Waals surface area contributed by atoms with Crippen LogP contribution in [-0.2, 0) is 16.1 Å². The third-order valence-electron chi connectivity index (χ3n) is 4.36. The summed E-state index contributed by atoms with van der Waals surface area (Å²) in [6.07, 6.45) is 0.915. The molecule has 1 saturated heterocycles.